The van der Waals surface area contributed by atoms with Gasteiger partial charge in [0.15, 0.2) is 5.82 Å². The number of carbonyl (C=O) groups is 2. The molecule has 0 bridgehead atoms. The molecule has 39 heavy (non-hydrogen) atoms. The summed E-state index contributed by atoms with van der Waals surface area (Å²) in [6.45, 7) is 4.35. The molecular formula is C30H38N6O3. The van der Waals surface area contributed by atoms with Gasteiger partial charge in [-0.15, -0.1) is 0 Å². The highest BCUT2D eigenvalue weighted by molar-refractivity contribution is 6.08. The number of para-hydroxylation sites is 1. The Morgan fingerprint density at radius 2 is 1.67 bits per heavy atom. The van der Waals surface area contributed by atoms with Gasteiger partial charge in [-0.05, 0) is 46.0 Å². The maximum absolute atomic E-state index is 13.5. The summed E-state index contributed by atoms with van der Waals surface area (Å²) in [4.78, 5) is 40.3. The molecule has 0 radical (unpaired) electrons. The number of nitrogens with zero attached hydrogens (tertiary/aromatic N) is 4. The third-order valence-electron chi connectivity index (χ3n) is 6.97. The molecule has 1 saturated carbocycles. The number of aliphatic hydroxyl groups excluding tert-OH is 1. The van der Waals surface area contributed by atoms with Crippen molar-refractivity contribution < 1.29 is 14.7 Å². The zero-order valence-corrected chi connectivity index (χ0v) is 22.9. The molecule has 1 aliphatic carbocycles. The molecule has 2 aromatic carbocycles. The van der Waals surface area contributed by atoms with Gasteiger partial charge < -0.3 is 25.5 Å². The summed E-state index contributed by atoms with van der Waals surface area (Å²) >= 11 is 0. The Morgan fingerprint density at radius 1 is 0.949 bits per heavy atom. The van der Waals surface area contributed by atoms with Gasteiger partial charge in [0.05, 0.1) is 23.4 Å². The van der Waals surface area contributed by atoms with Crippen LogP contribution >= 0.6 is 0 Å². The maximum Gasteiger partial charge on any atom is 0.274 e. The van der Waals surface area contributed by atoms with Gasteiger partial charge in [0, 0.05) is 31.3 Å². The molecule has 206 valence electrons. The van der Waals surface area contributed by atoms with Gasteiger partial charge in [-0.3, -0.25) is 9.59 Å². The lowest BCUT2D eigenvalue weighted by atomic mass is 9.92. The predicted octanol–water partition coefficient (Wildman–Crippen LogP) is 3.82. The molecular weight excluding hydrogens is 492 g/mol. The van der Waals surface area contributed by atoms with Gasteiger partial charge >= 0.3 is 0 Å². The fourth-order valence-electron chi connectivity index (χ4n) is 4.69. The Morgan fingerprint density at radius 3 is 2.38 bits per heavy atom. The van der Waals surface area contributed by atoms with Crippen molar-refractivity contribution in [2.45, 2.75) is 44.8 Å². The highest BCUT2D eigenvalue weighted by atomic mass is 16.3. The normalized spacial score (nSPS) is 17.1. The van der Waals surface area contributed by atoms with E-state index in [1.807, 2.05) is 44.4 Å². The minimum Gasteiger partial charge on any atom is -0.391 e. The van der Waals surface area contributed by atoms with Crippen molar-refractivity contribution in [2.75, 3.05) is 43.9 Å². The summed E-state index contributed by atoms with van der Waals surface area (Å²) in [5.41, 5.74) is 1.73. The smallest absolute Gasteiger partial charge is 0.274 e. The summed E-state index contributed by atoms with van der Waals surface area (Å²) < 4.78 is 0. The number of hydrogen-bond donors (Lipinski definition) is 3. The highest BCUT2D eigenvalue weighted by Crippen LogP contribution is 2.23. The fourth-order valence-corrected chi connectivity index (χ4v) is 4.69. The number of carbonyl (C=O) groups excluding carboxylic acids is 2. The Bertz CT molecular complexity index is 1270. The second-order valence-electron chi connectivity index (χ2n) is 10.1. The van der Waals surface area contributed by atoms with E-state index in [-0.39, 0.29) is 17.6 Å². The van der Waals surface area contributed by atoms with Gasteiger partial charge in [-0.2, -0.15) is 0 Å². The first-order chi connectivity index (χ1) is 18.9. The third kappa shape index (κ3) is 7.40. The minimum atomic E-state index is -0.561. The summed E-state index contributed by atoms with van der Waals surface area (Å²) in [6, 6.07) is 17.8. The number of anilines is 2. The van der Waals surface area contributed by atoms with Crippen molar-refractivity contribution in [1.82, 2.24) is 20.2 Å². The van der Waals surface area contributed by atoms with Gasteiger partial charge in [0.2, 0.25) is 0 Å². The number of benzene rings is 2. The molecule has 2 amide bonds. The predicted molar refractivity (Wildman–Crippen MR) is 154 cm³/mol. The number of hydrogen-bond acceptors (Lipinski definition) is 7. The van der Waals surface area contributed by atoms with Crippen LogP contribution in [0.1, 0.15) is 53.5 Å². The Labute approximate surface area is 230 Å². The van der Waals surface area contributed by atoms with E-state index in [0.717, 1.165) is 44.5 Å². The number of likely N-dealkylation sites (N-methyl/N-ethyl adjacent to an activating group) is 2. The number of amides is 2. The van der Waals surface area contributed by atoms with Crippen molar-refractivity contribution in [3.8, 4) is 11.4 Å². The first-order valence-electron chi connectivity index (χ1n) is 13.6. The van der Waals surface area contributed by atoms with Gasteiger partial charge in [-0.25, -0.2) is 9.97 Å². The van der Waals surface area contributed by atoms with E-state index in [9.17, 15) is 14.7 Å². The number of nitrogens with one attached hydrogen (secondary N) is 2. The SMILES string of the molecule is CCN(CCN(C)C)c1cc(C(=O)Nc2ccccc2C(=O)N[C@@H]2CCCC[C@@H]2O)nc(-c2ccccc2)n1. The van der Waals surface area contributed by atoms with E-state index in [2.05, 4.69) is 32.3 Å². The van der Waals surface area contributed by atoms with Crippen LogP contribution in [-0.4, -0.2) is 77.7 Å². The topological polar surface area (TPSA) is 111 Å². The van der Waals surface area contributed by atoms with E-state index >= 15 is 0 Å². The fraction of sp³-hybridized carbons (Fsp3) is 0.400. The molecule has 0 saturated heterocycles. The molecule has 0 unspecified atom stereocenters. The molecule has 4 rings (SSSR count). The van der Waals surface area contributed by atoms with Crippen LogP contribution in [0.4, 0.5) is 11.5 Å². The quantitative estimate of drug-likeness (QED) is 0.366. The monoisotopic (exact) mass is 530 g/mol. The van der Waals surface area contributed by atoms with Crippen LogP contribution in [0, 0.1) is 0 Å². The zero-order chi connectivity index (χ0) is 27.8. The van der Waals surface area contributed by atoms with E-state index in [1.54, 1.807) is 30.3 Å². The summed E-state index contributed by atoms with van der Waals surface area (Å²) in [7, 11) is 4.04. The minimum absolute atomic E-state index is 0.208. The Balaban J connectivity index is 1.62. The highest BCUT2D eigenvalue weighted by Gasteiger charge is 2.26. The van der Waals surface area contributed by atoms with E-state index in [1.165, 1.54) is 0 Å². The molecule has 9 heteroatoms. The average molecular weight is 531 g/mol. The first-order valence-corrected chi connectivity index (χ1v) is 13.6. The molecule has 3 aromatic rings. The molecule has 9 nitrogen and oxygen atoms in total. The summed E-state index contributed by atoms with van der Waals surface area (Å²) in [6.07, 6.45) is 2.76. The number of aliphatic hydroxyl groups is 1. The van der Waals surface area contributed by atoms with Crippen LogP contribution < -0.4 is 15.5 Å². The molecule has 1 heterocycles. The standard InChI is InChI=1S/C30H38N6O3/c1-4-36(19-18-35(2)3)27-20-25(31-28(34-27)21-12-6-5-7-13-21)30(39)32-23-15-9-8-14-22(23)29(38)33-24-16-10-11-17-26(24)37/h5-9,12-15,20,24,26,37H,4,10-11,16-19H2,1-3H3,(H,32,39)(H,33,38)/t24-,26+/m1/s1. The van der Waals surface area contributed by atoms with Crippen molar-refractivity contribution >= 4 is 23.3 Å². The second kappa shape index (κ2) is 13.3. The number of rotatable bonds is 10. The van der Waals surface area contributed by atoms with Crippen LogP contribution in [0.15, 0.2) is 60.7 Å². The lowest BCUT2D eigenvalue weighted by molar-refractivity contribution is 0.0718. The molecule has 0 aliphatic heterocycles. The van der Waals surface area contributed by atoms with Gasteiger partial charge in [-0.1, -0.05) is 55.3 Å². The average Bonchev–Trinajstić information content (AvgIpc) is 2.95. The van der Waals surface area contributed by atoms with Crippen LogP contribution in [0.2, 0.25) is 0 Å². The lowest BCUT2D eigenvalue weighted by Gasteiger charge is -2.28. The Kier molecular flexibility index (Phi) is 9.62. The van der Waals surface area contributed by atoms with Crippen molar-refractivity contribution in [2.24, 2.45) is 0 Å². The second-order valence-corrected chi connectivity index (χ2v) is 10.1. The maximum atomic E-state index is 13.5. The Hall–Kier alpha value is -3.82. The summed E-state index contributed by atoms with van der Waals surface area (Å²) in [5.74, 6) is 0.359. The van der Waals surface area contributed by atoms with Crippen LogP contribution in [0.3, 0.4) is 0 Å². The van der Waals surface area contributed by atoms with Crippen LogP contribution in [-0.2, 0) is 0 Å². The van der Waals surface area contributed by atoms with Crippen molar-refractivity contribution in [3.63, 3.8) is 0 Å². The number of aromatic nitrogens is 2. The van der Waals surface area contributed by atoms with E-state index in [4.69, 9.17) is 4.98 Å². The molecule has 1 aliphatic rings. The zero-order valence-electron chi connectivity index (χ0n) is 22.9. The van der Waals surface area contributed by atoms with Crippen molar-refractivity contribution in [3.05, 3.63) is 71.9 Å². The molecule has 3 N–H and O–H groups in total. The van der Waals surface area contributed by atoms with Crippen LogP contribution in [0.5, 0.6) is 0 Å². The molecule has 0 spiro atoms. The first kappa shape index (κ1) is 28.2. The third-order valence-corrected chi connectivity index (χ3v) is 6.97. The van der Waals surface area contributed by atoms with Crippen LogP contribution in [0.25, 0.3) is 11.4 Å². The molecule has 2 atom stereocenters. The summed E-state index contributed by atoms with van der Waals surface area (Å²) in [5, 5.41) is 16.1. The lowest BCUT2D eigenvalue weighted by Crippen LogP contribution is -2.45. The van der Waals surface area contributed by atoms with E-state index < -0.39 is 12.0 Å². The van der Waals surface area contributed by atoms with Gasteiger partial charge in [0.1, 0.15) is 11.5 Å². The molecule has 1 fully saturated rings. The molecule has 1 aromatic heterocycles. The van der Waals surface area contributed by atoms with Gasteiger partial charge in [0.25, 0.3) is 11.8 Å². The van der Waals surface area contributed by atoms with E-state index in [0.29, 0.717) is 29.3 Å². The van der Waals surface area contributed by atoms with Crippen molar-refractivity contribution in [1.29, 1.82) is 0 Å². The largest absolute Gasteiger partial charge is 0.391 e.